The molecular formula is C22H20N4O3. The molecule has 1 aromatic heterocycles. The molecule has 7 heteroatoms. The van der Waals surface area contributed by atoms with Crippen molar-refractivity contribution in [2.24, 2.45) is 0 Å². The third kappa shape index (κ3) is 3.04. The SMILES string of the molecule is CC1Oc2ccc(NC(=O)c3nn(-c4ccccc4)c4c3CCC4)cc2NC1=O. The van der Waals surface area contributed by atoms with Crippen molar-refractivity contribution in [2.45, 2.75) is 32.3 Å². The second-order valence-electron chi connectivity index (χ2n) is 7.29. The zero-order chi connectivity index (χ0) is 20.0. The summed E-state index contributed by atoms with van der Waals surface area (Å²) in [5, 5.41) is 10.3. The lowest BCUT2D eigenvalue weighted by molar-refractivity contribution is -0.122. The molecule has 0 saturated carbocycles. The summed E-state index contributed by atoms with van der Waals surface area (Å²) in [7, 11) is 0. The minimum absolute atomic E-state index is 0.208. The molecule has 0 spiro atoms. The zero-order valence-corrected chi connectivity index (χ0v) is 15.9. The van der Waals surface area contributed by atoms with E-state index >= 15 is 0 Å². The fraction of sp³-hybridized carbons (Fsp3) is 0.227. The molecular weight excluding hydrogens is 368 g/mol. The van der Waals surface area contributed by atoms with Crippen molar-refractivity contribution in [3.8, 4) is 11.4 Å². The third-order valence-electron chi connectivity index (χ3n) is 5.31. The number of carbonyl (C=O) groups excluding carboxylic acids is 2. The summed E-state index contributed by atoms with van der Waals surface area (Å²) in [5.74, 6) is 0.124. The molecule has 3 aromatic rings. The Hall–Kier alpha value is -3.61. The first kappa shape index (κ1) is 17.5. The van der Waals surface area contributed by atoms with Crippen LogP contribution in [0.3, 0.4) is 0 Å². The molecule has 1 aliphatic heterocycles. The van der Waals surface area contributed by atoms with Gasteiger partial charge in [0.05, 0.1) is 11.4 Å². The smallest absolute Gasteiger partial charge is 0.276 e. The van der Waals surface area contributed by atoms with Gasteiger partial charge in [-0.15, -0.1) is 0 Å². The Morgan fingerprint density at radius 3 is 2.86 bits per heavy atom. The lowest BCUT2D eigenvalue weighted by Crippen LogP contribution is -2.34. The van der Waals surface area contributed by atoms with Crippen LogP contribution < -0.4 is 15.4 Å². The zero-order valence-electron chi connectivity index (χ0n) is 15.9. The lowest BCUT2D eigenvalue weighted by Gasteiger charge is -2.23. The number of rotatable bonds is 3. The number of ether oxygens (including phenoxy) is 1. The van der Waals surface area contributed by atoms with Crippen molar-refractivity contribution in [1.82, 2.24) is 9.78 Å². The third-order valence-corrected chi connectivity index (χ3v) is 5.31. The van der Waals surface area contributed by atoms with Gasteiger partial charge in [-0.25, -0.2) is 4.68 Å². The first-order chi connectivity index (χ1) is 14.1. The van der Waals surface area contributed by atoms with Crippen LogP contribution in [-0.2, 0) is 17.6 Å². The van der Waals surface area contributed by atoms with E-state index in [-0.39, 0.29) is 11.8 Å². The van der Waals surface area contributed by atoms with Crippen LogP contribution in [0.25, 0.3) is 5.69 Å². The van der Waals surface area contributed by atoms with E-state index in [1.54, 1.807) is 25.1 Å². The average molecular weight is 388 g/mol. The molecule has 29 heavy (non-hydrogen) atoms. The monoisotopic (exact) mass is 388 g/mol. The van der Waals surface area contributed by atoms with Crippen molar-refractivity contribution < 1.29 is 14.3 Å². The Balaban J connectivity index is 1.44. The summed E-state index contributed by atoms with van der Waals surface area (Å²) in [6.07, 6.45) is 2.23. The van der Waals surface area contributed by atoms with Crippen molar-refractivity contribution >= 4 is 23.2 Å². The number of benzene rings is 2. The maximum absolute atomic E-state index is 13.0. The van der Waals surface area contributed by atoms with Crippen LogP contribution in [0.4, 0.5) is 11.4 Å². The Morgan fingerprint density at radius 1 is 1.21 bits per heavy atom. The summed E-state index contributed by atoms with van der Waals surface area (Å²) in [4.78, 5) is 24.8. The molecule has 146 valence electrons. The van der Waals surface area contributed by atoms with Crippen molar-refractivity contribution in [3.63, 3.8) is 0 Å². The van der Waals surface area contributed by atoms with Gasteiger partial charge in [-0.2, -0.15) is 5.10 Å². The van der Waals surface area contributed by atoms with Gasteiger partial charge in [0.2, 0.25) is 0 Å². The first-order valence-electron chi connectivity index (χ1n) is 9.69. The topological polar surface area (TPSA) is 85.2 Å². The molecule has 0 saturated heterocycles. The second kappa shape index (κ2) is 6.77. The number of aromatic nitrogens is 2. The number of para-hydroxylation sites is 1. The van der Waals surface area contributed by atoms with E-state index in [1.165, 1.54) is 0 Å². The van der Waals surface area contributed by atoms with E-state index in [0.29, 0.717) is 22.8 Å². The fourth-order valence-corrected chi connectivity index (χ4v) is 3.88. The van der Waals surface area contributed by atoms with Gasteiger partial charge < -0.3 is 15.4 Å². The summed E-state index contributed by atoms with van der Waals surface area (Å²) in [6, 6.07) is 15.1. The van der Waals surface area contributed by atoms with Crippen LogP contribution in [0.5, 0.6) is 5.75 Å². The standard InChI is InChI=1S/C22H20N4O3/c1-13-21(27)24-17-12-14(10-11-19(17)29-13)23-22(28)20-16-8-5-9-18(16)26(25-20)15-6-3-2-4-7-15/h2-4,6-7,10-13H,5,8-9H2,1H3,(H,23,28)(H,24,27). The van der Waals surface area contributed by atoms with E-state index in [9.17, 15) is 9.59 Å². The summed E-state index contributed by atoms with van der Waals surface area (Å²) in [6.45, 7) is 1.69. The molecule has 2 heterocycles. The molecule has 2 aliphatic rings. The minimum Gasteiger partial charge on any atom is -0.479 e. The van der Waals surface area contributed by atoms with E-state index in [1.807, 2.05) is 35.0 Å². The van der Waals surface area contributed by atoms with Crippen LogP contribution >= 0.6 is 0 Å². The van der Waals surface area contributed by atoms with E-state index in [4.69, 9.17) is 4.74 Å². The lowest BCUT2D eigenvalue weighted by atomic mass is 10.1. The second-order valence-corrected chi connectivity index (χ2v) is 7.29. The maximum Gasteiger partial charge on any atom is 0.276 e. The van der Waals surface area contributed by atoms with Gasteiger partial charge >= 0.3 is 0 Å². The number of anilines is 2. The van der Waals surface area contributed by atoms with Crippen molar-refractivity contribution in [3.05, 3.63) is 65.5 Å². The van der Waals surface area contributed by atoms with Gasteiger partial charge in [0.15, 0.2) is 11.8 Å². The van der Waals surface area contributed by atoms with Crippen molar-refractivity contribution in [2.75, 3.05) is 10.6 Å². The largest absolute Gasteiger partial charge is 0.479 e. The van der Waals surface area contributed by atoms with Crippen LogP contribution in [0.2, 0.25) is 0 Å². The Bertz CT molecular complexity index is 1120. The number of nitrogens with zero attached hydrogens (tertiary/aromatic N) is 2. The molecule has 2 amide bonds. The molecule has 1 atom stereocenters. The Kier molecular flexibility index (Phi) is 4.08. The highest BCUT2D eigenvalue weighted by molar-refractivity contribution is 6.05. The molecule has 0 fully saturated rings. The molecule has 2 aromatic carbocycles. The highest BCUT2D eigenvalue weighted by Gasteiger charge is 2.28. The van der Waals surface area contributed by atoms with Crippen LogP contribution in [0, 0.1) is 0 Å². The molecule has 1 aliphatic carbocycles. The van der Waals surface area contributed by atoms with E-state index in [2.05, 4.69) is 15.7 Å². The number of hydrogen-bond donors (Lipinski definition) is 2. The molecule has 5 rings (SSSR count). The highest BCUT2D eigenvalue weighted by Crippen LogP contribution is 2.33. The van der Waals surface area contributed by atoms with Gasteiger partial charge in [-0.05, 0) is 56.5 Å². The van der Waals surface area contributed by atoms with E-state index in [0.717, 1.165) is 36.2 Å². The molecule has 0 bridgehead atoms. The fourth-order valence-electron chi connectivity index (χ4n) is 3.88. The van der Waals surface area contributed by atoms with Crippen molar-refractivity contribution in [1.29, 1.82) is 0 Å². The van der Waals surface area contributed by atoms with Gasteiger partial charge in [0, 0.05) is 16.9 Å². The number of nitrogens with one attached hydrogen (secondary N) is 2. The van der Waals surface area contributed by atoms with E-state index < -0.39 is 6.10 Å². The number of amides is 2. The van der Waals surface area contributed by atoms with Crippen LogP contribution in [0.1, 0.15) is 35.1 Å². The maximum atomic E-state index is 13.0. The minimum atomic E-state index is -0.535. The highest BCUT2D eigenvalue weighted by atomic mass is 16.5. The van der Waals surface area contributed by atoms with Crippen LogP contribution in [-0.4, -0.2) is 27.7 Å². The quantitative estimate of drug-likeness (QED) is 0.721. The van der Waals surface area contributed by atoms with Gasteiger partial charge in [-0.1, -0.05) is 18.2 Å². The predicted molar refractivity (Wildman–Crippen MR) is 109 cm³/mol. The summed E-state index contributed by atoms with van der Waals surface area (Å²) in [5.41, 5.74) is 4.64. The Morgan fingerprint density at radius 2 is 2.03 bits per heavy atom. The number of carbonyl (C=O) groups is 2. The average Bonchev–Trinajstić information content (AvgIpc) is 3.32. The van der Waals surface area contributed by atoms with Crippen LogP contribution in [0.15, 0.2) is 48.5 Å². The van der Waals surface area contributed by atoms with Gasteiger partial charge in [0.1, 0.15) is 5.75 Å². The summed E-state index contributed by atoms with van der Waals surface area (Å²) >= 11 is 0. The predicted octanol–water partition coefficient (Wildman–Crippen LogP) is 3.33. The number of fused-ring (bicyclic) bond motifs is 2. The normalized spacial score (nSPS) is 17.1. The Labute approximate surface area is 167 Å². The first-order valence-corrected chi connectivity index (χ1v) is 9.69. The molecule has 0 radical (unpaired) electrons. The number of hydrogen-bond acceptors (Lipinski definition) is 4. The summed E-state index contributed by atoms with van der Waals surface area (Å²) < 4.78 is 7.44. The molecule has 2 N–H and O–H groups in total. The molecule has 7 nitrogen and oxygen atoms in total. The van der Waals surface area contributed by atoms with Gasteiger partial charge in [-0.3, -0.25) is 9.59 Å². The van der Waals surface area contributed by atoms with Gasteiger partial charge in [0.25, 0.3) is 11.8 Å². The molecule has 1 unspecified atom stereocenters.